The van der Waals surface area contributed by atoms with Gasteiger partial charge >= 0.3 is 25.0 Å². The van der Waals surface area contributed by atoms with Crippen LogP contribution in [0.5, 0.6) is 0 Å². The summed E-state index contributed by atoms with van der Waals surface area (Å²) in [5, 5.41) is 12.2. The van der Waals surface area contributed by atoms with Crippen molar-refractivity contribution in [2.24, 2.45) is 5.41 Å². The third kappa shape index (κ3) is 5.04. The van der Waals surface area contributed by atoms with Gasteiger partial charge in [0.2, 0.25) is 0 Å². The van der Waals surface area contributed by atoms with E-state index >= 15 is 4.39 Å². The van der Waals surface area contributed by atoms with Crippen LogP contribution >= 0.6 is 0 Å². The van der Waals surface area contributed by atoms with Gasteiger partial charge in [-0.05, 0) is 57.9 Å². The van der Waals surface area contributed by atoms with Crippen LogP contribution in [0.4, 0.5) is 14.9 Å². The molecule has 6 heterocycles. The van der Waals surface area contributed by atoms with Gasteiger partial charge in [-0.3, -0.25) is 9.78 Å². The van der Waals surface area contributed by atoms with E-state index in [1.807, 2.05) is 31.4 Å². The van der Waals surface area contributed by atoms with Gasteiger partial charge in [0.1, 0.15) is 17.5 Å². The van der Waals surface area contributed by atoms with Gasteiger partial charge in [-0.1, -0.05) is 0 Å². The molecule has 11 nitrogen and oxygen atoms in total. The van der Waals surface area contributed by atoms with Crippen molar-refractivity contribution in [3.05, 3.63) is 65.1 Å². The van der Waals surface area contributed by atoms with Gasteiger partial charge in [0.15, 0.2) is 0 Å². The number of carboxylic acid groups (broad SMARTS) is 1. The third-order valence-electron chi connectivity index (χ3n) is 8.77. The molecule has 224 valence electrons. The van der Waals surface area contributed by atoms with Gasteiger partial charge in [0.05, 0.1) is 42.1 Å². The number of rotatable bonds is 5. The summed E-state index contributed by atoms with van der Waals surface area (Å²) in [5.74, 6) is -2.61. The summed E-state index contributed by atoms with van der Waals surface area (Å²) in [7, 11) is 0. The number of fused-ring (bicyclic) bond motifs is 2. The minimum absolute atomic E-state index is 0. The molecule has 2 fully saturated rings. The number of nitrogens with zero attached hydrogens (tertiary/aromatic N) is 6. The fraction of sp³-hybridized carbons (Fsp3) is 0.452. The van der Waals surface area contributed by atoms with Crippen LogP contribution < -0.4 is 28.9 Å². The molecule has 1 atom stereocenters. The number of carboxylic acids is 1. The maximum Gasteiger partial charge on any atom is 1.00 e. The average Bonchev–Trinajstić information content (AvgIpc) is 3.59. The Labute approximate surface area is 266 Å². The van der Waals surface area contributed by atoms with E-state index in [4.69, 9.17) is 4.74 Å². The van der Waals surface area contributed by atoms with Crippen molar-refractivity contribution in [3.63, 3.8) is 0 Å². The number of aromatic nitrogens is 3. The molecule has 0 bridgehead atoms. The number of carbonyl (C=O) groups excluding carboxylic acids is 3. The Morgan fingerprint density at radius 2 is 1.86 bits per heavy atom. The maximum atomic E-state index is 15.4. The summed E-state index contributed by atoms with van der Waals surface area (Å²) in [4.78, 5) is 51.9. The van der Waals surface area contributed by atoms with Crippen molar-refractivity contribution in [3.8, 4) is 11.3 Å². The number of aryl methyl sites for hydroxylation is 1. The number of hydrogen-bond acceptors (Lipinski definition) is 8. The van der Waals surface area contributed by atoms with Crippen molar-refractivity contribution in [1.82, 2.24) is 24.3 Å². The molecule has 44 heavy (non-hydrogen) atoms. The number of aliphatic carboxylic acids is 1. The number of ether oxygens (including phenoxy) is 1. The maximum absolute atomic E-state index is 15.4. The van der Waals surface area contributed by atoms with E-state index in [2.05, 4.69) is 14.9 Å². The average molecular weight is 595 g/mol. The van der Waals surface area contributed by atoms with Crippen LogP contribution in [-0.2, 0) is 29.0 Å². The van der Waals surface area contributed by atoms with Crippen LogP contribution in [0, 0.1) is 11.2 Å². The second kappa shape index (κ2) is 10.6. The Bertz CT molecular complexity index is 1650. The Morgan fingerprint density at radius 1 is 1.11 bits per heavy atom. The molecule has 1 aromatic carbocycles. The zero-order valence-corrected chi connectivity index (χ0v) is 25.3. The first-order valence-corrected chi connectivity index (χ1v) is 14.5. The van der Waals surface area contributed by atoms with E-state index in [1.54, 1.807) is 29.6 Å². The molecule has 7 rings (SSSR count). The summed E-state index contributed by atoms with van der Waals surface area (Å²) in [6.07, 6.45) is 4.55. The molecule has 4 aliphatic heterocycles. The monoisotopic (exact) mass is 594 g/mol. The van der Waals surface area contributed by atoms with Crippen LogP contribution in [-0.4, -0.2) is 74.1 Å². The minimum atomic E-state index is -1.44. The molecule has 0 radical (unpaired) electrons. The summed E-state index contributed by atoms with van der Waals surface area (Å²) < 4.78 is 22.7. The van der Waals surface area contributed by atoms with Crippen LogP contribution in [0.2, 0.25) is 0 Å². The summed E-state index contributed by atoms with van der Waals surface area (Å²) >= 11 is 0. The van der Waals surface area contributed by atoms with Crippen molar-refractivity contribution < 1.29 is 47.5 Å². The molecule has 1 unspecified atom stereocenters. The number of carbonyl (C=O) groups is 3. The van der Waals surface area contributed by atoms with E-state index in [1.165, 1.54) is 6.07 Å². The van der Waals surface area contributed by atoms with Gasteiger partial charge in [-0.25, -0.2) is 14.2 Å². The minimum Gasteiger partial charge on any atom is -0.547 e. The Hall–Kier alpha value is -3.88. The van der Waals surface area contributed by atoms with Crippen molar-refractivity contribution in [1.29, 1.82) is 0 Å². The van der Waals surface area contributed by atoms with Gasteiger partial charge < -0.3 is 33.9 Å². The predicted octanol–water partition coefficient (Wildman–Crippen LogP) is -0.461. The first-order chi connectivity index (χ1) is 20.4. The number of amides is 2. The SMILES string of the molecule is CC(C)(C)OC(=O)N1CC2(C1)CN(c1ccc(-c3cc(F)c4c(c3)C(=O)N(C(C(=O)[O-])c3ncn5c3CCC5)C4)nc1)C2.[Li+]. The van der Waals surface area contributed by atoms with Crippen LogP contribution in [0.3, 0.4) is 0 Å². The fourth-order valence-corrected chi connectivity index (χ4v) is 6.77. The van der Waals surface area contributed by atoms with E-state index in [9.17, 15) is 19.5 Å². The molecule has 2 aromatic heterocycles. The van der Waals surface area contributed by atoms with Crippen molar-refractivity contribution in [2.75, 3.05) is 31.1 Å². The number of imidazole rings is 1. The summed E-state index contributed by atoms with van der Waals surface area (Å²) in [6, 6.07) is 5.19. The molecule has 3 aromatic rings. The third-order valence-corrected chi connectivity index (χ3v) is 8.77. The Balaban J connectivity index is 0.00000343. The first-order valence-electron chi connectivity index (χ1n) is 14.5. The van der Waals surface area contributed by atoms with Gasteiger partial charge in [0.25, 0.3) is 5.91 Å². The Morgan fingerprint density at radius 3 is 2.52 bits per heavy atom. The number of hydrogen-bond donors (Lipinski definition) is 0. The number of anilines is 1. The van der Waals surface area contributed by atoms with Crippen LogP contribution in [0.25, 0.3) is 11.3 Å². The normalized spacial score (nSPS) is 18.7. The van der Waals surface area contributed by atoms with Crippen molar-refractivity contribution >= 4 is 23.7 Å². The fourth-order valence-electron chi connectivity index (χ4n) is 6.77. The number of benzene rings is 1. The largest absolute Gasteiger partial charge is 1.00 e. The van der Waals surface area contributed by atoms with E-state index in [0.29, 0.717) is 30.8 Å². The number of likely N-dealkylation sites (tertiary alicyclic amines) is 1. The summed E-state index contributed by atoms with van der Waals surface area (Å²) in [6.45, 7) is 9.03. The second-order valence-corrected chi connectivity index (χ2v) is 13.1. The van der Waals surface area contributed by atoms with Gasteiger partial charge in [-0.15, -0.1) is 0 Å². The molecule has 0 aliphatic carbocycles. The first kappa shape index (κ1) is 30.2. The zero-order chi connectivity index (χ0) is 30.3. The molecule has 0 saturated carbocycles. The Kier molecular flexibility index (Phi) is 7.29. The number of halogens is 1. The standard InChI is InChI=1S/C31H33FN6O5.Li/c1-30(2,3)43-29(42)37-15-31(16-37)13-36(14-31)19-6-7-23(33-11-19)18-9-20-21(22(32)10-18)12-38(27(20)39)26(28(40)41)25-24-5-4-8-35(24)17-34-25;/h6-7,9-11,17,26H,4-5,8,12-16H2,1-3H3,(H,40,41);/q;+1/p-1. The molecular formula is C31H32FLiN6O5. The zero-order valence-electron chi connectivity index (χ0n) is 25.3. The van der Waals surface area contributed by atoms with Crippen LogP contribution in [0.15, 0.2) is 36.8 Å². The van der Waals surface area contributed by atoms with Gasteiger partial charge in [0, 0.05) is 60.5 Å². The topological polar surface area (TPSA) is 124 Å². The summed E-state index contributed by atoms with van der Waals surface area (Å²) in [5.41, 5.74) is 2.70. The quantitative estimate of drug-likeness (QED) is 0.364. The molecule has 2 saturated heterocycles. The molecule has 4 aliphatic rings. The smallest absolute Gasteiger partial charge is 0.547 e. The predicted molar refractivity (Wildman–Crippen MR) is 150 cm³/mol. The number of pyridine rings is 1. The van der Waals surface area contributed by atoms with E-state index in [0.717, 1.165) is 42.3 Å². The van der Waals surface area contributed by atoms with Crippen molar-refractivity contribution in [2.45, 2.75) is 58.3 Å². The molecule has 2 amide bonds. The molecule has 1 spiro atoms. The second-order valence-electron chi connectivity index (χ2n) is 13.1. The molecule has 0 N–H and O–H groups in total. The van der Waals surface area contributed by atoms with Gasteiger partial charge in [-0.2, -0.15) is 0 Å². The van der Waals surface area contributed by atoms with Crippen LogP contribution in [0.1, 0.15) is 60.5 Å². The molecular weight excluding hydrogens is 562 g/mol. The van der Waals surface area contributed by atoms with E-state index in [-0.39, 0.29) is 53.7 Å². The molecule has 13 heteroatoms. The van der Waals surface area contributed by atoms with E-state index < -0.39 is 29.3 Å².